The molecule has 0 unspecified atom stereocenters. The van der Waals surface area contributed by atoms with Crippen LogP contribution in [0.25, 0.3) is 34.2 Å². The van der Waals surface area contributed by atoms with Crippen molar-refractivity contribution in [3.63, 3.8) is 0 Å². The van der Waals surface area contributed by atoms with Crippen molar-refractivity contribution in [2.24, 2.45) is 5.92 Å². The fourth-order valence-electron chi connectivity index (χ4n) is 4.34. The maximum absolute atomic E-state index is 12.9. The lowest BCUT2D eigenvalue weighted by Crippen LogP contribution is -2.41. The van der Waals surface area contributed by atoms with E-state index in [4.69, 9.17) is 9.52 Å². The molecule has 5 rings (SSSR count). The smallest absolute Gasteiger partial charge is 0.246 e. The van der Waals surface area contributed by atoms with Gasteiger partial charge in [-0.05, 0) is 43.2 Å². The summed E-state index contributed by atoms with van der Waals surface area (Å²) in [4.78, 5) is 26.5. The van der Waals surface area contributed by atoms with E-state index in [1.807, 2.05) is 66.9 Å². The molecule has 1 aliphatic heterocycles. The third kappa shape index (κ3) is 4.37. The Morgan fingerprint density at radius 2 is 1.79 bits per heavy atom. The van der Waals surface area contributed by atoms with E-state index < -0.39 is 0 Å². The second-order valence-corrected chi connectivity index (χ2v) is 8.41. The fraction of sp³-hybridized carbons (Fsp3) is 0.222. The van der Waals surface area contributed by atoms with Crippen LogP contribution in [0.2, 0.25) is 0 Å². The number of hydrogen-bond donors (Lipinski definition) is 1. The van der Waals surface area contributed by atoms with Crippen LogP contribution >= 0.6 is 0 Å². The van der Waals surface area contributed by atoms with Crippen molar-refractivity contribution in [3.05, 3.63) is 78.5 Å². The minimum Gasteiger partial charge on any atom is -0.454 e. The topological polar surface area (TPSA) is 80.4 Å². The summed E-state index contributed by atoms with van der Waals surface area (Å²) in [7, 11) is 1.65. The number of fused-ring (bicyclic) bond motifs is 1. The monoisotopic (exact) mass is 454 g/mol. The second-order valence-electron chi connectivity index (χ2n) is 8.41. The van der Waals surface area contributed by atoms with E-state index in [-0.39, 0.29) is 17.7 Å². The molecule has 0 atom stereocenters. The van der Waals surface area contributed by atoms with Gasteiger partial charge in [0.1, 0.15) is 11.3 Å². The highest BCUT2D eigenvalue weighted by Gasteiger charge is 2.26. The number of nitrogens with zero attached hydrogens (tertiary/aromatic N) is 3. The van der Waals surface area contributed by atoms with E-state index in [1.54, 1.807) is 28.8 Å². The zero-order valence-electron chi connectivity index (χ0n) is 19.0. The molecule has 4 aromatic rings. The molecule has 7 heteroatoms. The first-order valence-corrected chi connectivity index (χ1v) is 11.4. The van der Waals surface area contributed by atoms with Gasteiger partial charge in [-0.2, -0.15) is 5.10 Å². The summed E-state index contributed by atoms with van der Waals surface area (Å²) in [5.41, 5.74) is 3.16. The zero-order chi connectivity index (χ0) is 23.5. The summed E-state index contributed by atoms with van der Waals surface area (Å²) in [6, 6.07) is 19.6. The summed E-state index contributed by atoms with van der Waals surface area (Å²) in [6.07, 6.45) is 6.63. The van der Waals surface area contributed by atoms with Crippen molar-refractivity contribution in [1.82, 2.24) is 20.0 Å². The number of carbonyl (C=O) groups excluding carboxylic acids is 2. The van der Waals surface area contributed by atoms with Gasteiger partial charge in [0.25, 0.3) is 0 Å². The van der Waals surface area contributed by atoms with Gasteiger partial charge in [0.05, 0.1) is 5.69 Å². The number of para-hydroxylation sites is 2. The SMILES string of the molecule is CNC(=O)C1CCN(C(=O)/C=C/c2cn(-c3ccccc3)nc2-c2cc3ccccc3o2)CC1. The second kappa shape index (κ2) is 9.39. The average Bonchev–Trinajstić information content (AvgIpc) is 3.51. The maximum atomic E-state index is 12.9. The van der Waals surface area contributed by atoms with Crippen LogP contribution in [-0.4, -0.2) is 46.6 Å². The predicted molar refractivity (Wildman–Crippen MR) is 131 cm³/mol. The number of carbonyl (C=O) groups is 2. The van der Waals surface area contributed by atoms with Crippen LogP contribution in [0.5, 0.6) is 0 Å². The fourth-order valence-corrected chi connectivity index (χ4v) is 4.34. The standard InChI is InChI=1S/C27H26N4O3/c1-28-27(33)19-13-15-30(16-14-19)25(32)12-11-21-18-31(22-8-3-2-4-9-22)29-26(21)24-17-20-7-5-6-10-23(20)34-24/h2-12,17-19H,13-16H2,1H3,(H,28,33)/b12-11+. The lowest BCUT2D eigenvalue weighted by atomic mass is 9.96. The Hall–Kier alpha value is -4.13. The first-order chi connectivity index (χ1) is 16.6. The molecule has 0 saturated carbocycles. The molecule has 7 nitrogen and oxygen atoms in total. The minimum atomic E-state index is -0.0710. The highest BCUT2D eigenvalue weighted by molar-refractivity contribution is 5.93. The van der Waals surface area contributed by atoms with Gasteiger partial charge in [-0.3, -0.25) is 9.59 Å². The molecule has 2 aromatic heterocycles. The van der Waals surface area contributed by atoms with E-state index in [9.17, 15) is 9.59 Å². The van der Waals surface area contributed by atoms with Gasteiger partial charge >= 0.3 is 0 Å². The molecule has 0 bridgehead atoms. The third-order valence-electron chi connectivity index (χ3n) is 6.25. The van der Waals surface area contributed by atoms with Crippen molar-refractivity contribution >= 4 is 28.9 Å². The van der Waals surface area contributed by atoms with E-state index >= 15 is 0 Å². The summed E-state index contributed by atoms with van der Waals surface area (Å²) >= 11 is 0. The molecule has 0 spiro atoms. The molecule has 0 aliphatic carbocycles. The Morgan fingerprint density at radius 3 is 2.53 bits per heavy atom. The van der Waals surface area contributed by atoms with Gasteiger partial charge in [0.15, 0.2) is 5.76 Å². The van der Waals surface area contributed by atoms with E-state index in [0.29, 0.717) is 37.4 Å². The van der Waals surface area contributed by atoms with E-state index in [2.05, 4.69) is 5.32 Å². The van der Waals surface area contributed by atoms with Crippen LogP contribution in [-0.2, 0) is 9.59 Å². The quantitative estimate of drug-likeness (QED) is 0.457. The van der Waals surface area contributed by atoms with Crippen molar-refractivity contribution in [2.45, 2.75) is 12.8 Å². The number of piperidine rings is 1. The molecule has 34 heavy (non-hydrogen) atoms. The Kier molecular flexibility index (Phi) is 5.99. The Morgan fingerprint density at radius 1 is 1.06 bits per heavy atom. The van der Waals surface area contributed by atoms with Crippen LogP contribution in [0, 0.1) is 5.92 Å². The molecule has 1 N–H and O–H groups in total. The predicted octanol–water partition coefficient (Wildman–Crippen LogP) is 4.28. The number of aromatic nitrogens is 2. The Labute approximate surface area is 197 Å². The molecule has 1 fully saturated rings. The molecule has 0 radical (unpaired) electrons. The number of furan rings is 1. The number of nitrogens with one attached hydrogen (secondary N) is 1. The molecule has 1 saturated heterocycles. The van der Waals surface area contributed by atoms with Crippen LogP contribution in [0.4, 0.5) is 0 Å². The number of amides is 2. The van der Waals surface area contributed by atoms with Crippen LogP contribution < -0.4 is 5.32 Å². The summed E-state index contributed by atoms with van der Waals surface area (Å²) in [5, 5.41) is 8.47. The first kappa shape index (κ1) is 21.7. The number of rotatable bonds is 5. The van der Waals surface area contributed by atoms with Gasteiger partial charge < -0.3 is 14.6 Å². The molecule has 172 valence electrons. The van der Waals surface area contributed by atoms with E-state index in [0.717, 1.165) is 22.2 Å². The summed E-state index contributed by atoms with van der Waals surface area (Å²) in [6.45, 7) is 1.14. The molecule has 3 heterocycles. The Balaban J connectivity index is 1.42. The number of hydrogen-bond acceptors (Lipinski definition) is 4. The average molecular weight is 455 g/mol. The summed E-state index contributed by atoms with van der Waals surface area (Å²) < 4.78 is 7.86. The van der Waals surface area contributed by atoms with Gasteiger partial charge in [0.2, 0.25) is 11.8 Å². The normalized spacial score (nSPS) is 14.7. The van der Waals surface area contributed by atoms with Gasteiger partial charge in [-0.15, -0.1) is 0 Å². The van der Waals surface area contributed by atoms with Crippen molar-refractivity contribution < 1.29 is 14.0 Å². The summed E-state index contributed by atoms with van der Waals surface area (Å²) in [5.74, 6) is 0.598. The maximum Gasteiger partial charge on any atom is 0.246 e. The highest BCUT2D eigenvalue weighted by Crippen LogP contribution is 2.30. The van der Waals surface area contributed by atoms with Gasteiger partial charge in [-0.1, -0.05) is 36.4 Å². The van der Waals surface area contributed by atoms with Crippen LogP contribution in [0.3, 0.4) is 0 Å². The molecular formula is C27H26N4O3. The van der Waals surface area contributed by atoms with Gasteiger partial charge in [0, 0.05) is 49.3 Å². The lowest BCUT2D eigenvalue weighted by Gasteiger charge is -2.30. The molecular weight excluding hydrogens is 428 g/mol. The molecule has 2 amide bonds. The first-order valence-electron chi connectivity index (χ1n) is 11.4. The highest BCUT2D eigenvalue weighted by atomic mass is 16.3. The van der Waals surface area contributed by atoms with Crippen molar-refractivity contribution in [3.8, 4) is 17.1 Å². The van der Waals surface area contributed by atoms with Crippen LogP contribution in [0.15, 0.2) is 77.4 Å². The lowest BCUT2D eigenvalue weighted by molar-refractivity contribution is -0.131. The van der Waals surface area contributed by atoms with Crippen LogP contribution in [0.1, 0.15) is 18.4 Å². The van der Waals surface area contributed by atoms with E-state index in [1.165, 1.54) is 0 Å². The third-order valence-corrected chi connectivity index (χ3v) is 6.25. The number of likely N-dealkylation sites (tertiary alicyclic amines) is 1. The minimum absolute atomic E-state index is 0.0261. The number of benzene rings is 2. The van der Waals surface area contributed by atoms with Crippen molar-refractivity contribution in [2.75, 3.05) is 20.1 Å². The molecule has 1 aliphatic rings. The molecule has 2 aromatic carbocycles. The zero-order valence-corrected chi connectivity index (χ0v) is 19.0. The Bertz CT molecular complexity index is 1310. The van der Waals surface area contributed by atoms with Crippen molar-refractivity contribution in [1.29, 1.82) is 0 Å². The van der Waals surface area contributed by atoms with Gasteiger partial charge in [-0.25, -0.2) is 4.68 Å². The largest absolute Gasteiger partial charge is 0.454 e.